The van der Waals surface area contributed by atoms with E-state index in [1.165, 1.54) is 18.6 Å². The Labute approximate surface area is 165 Å². The Morgan fingerprint density at radius 2 is 2.11 bits per heavy atom. The monoisotopic (exact) mass is 382 g/mol. The van der Waals surface area contributed by atoms with Crippen molar-refractivity contribution in [2.45, 2.75) is 38.3 Å². The Hall–Kier alpha value is -2.80. The second-order valence-corrected chi connectivity index (χ2v) is 6.93. The standard InChI is InChI=1S/C21H26N4O3/c1-16(17-6-3-2-4-7-17)24-20(26)9-12-25(15-18-8-5-13-28-18)21(27)19-14-22-10-11-23-19/h2-4,6-7,10-11,14,16,18H,5,8-9,12-13,15H2,1H3,(H,24,26). The number of benzene rings is 1. The Morgan fingerprint density at radius 1 is 1.29 bits per heavy atom. The molecule has 1 N–H and O–H groups in total. The molecule has 0 aliphatic carbocycles. The van der Waals surface area contributed by atoms with Crippen LogP contribution < -0.4 is 5.32 Å². The van der Waals surface area contributed by atoms with Crippen molar-refractivity contribution in [3.63, 3.8) is 0 Å². The van der Waals surface area contributed by atoms with Crippen LogP contribution >= 0.6 is 0 Å². The SMILES string of the molecule is CC(NC(=O)CCN(CC1CCCO1)C(=O)c1cnccn1)c1ccccc1. The van der Waals surface area contributed by atoms with Crippen LogP contribution in [0.1, 0.15) is 48.3 Å². The number of carbonyl (C=O) groups is 2. The van der Waals surface area contributed by atoms with Crippen molar-refractivity contribution in [1.29, 1.82) is 0 Å². The second kappa shape index (κ2) is 9.94. The van der Waals surface area contributed by atoms with Crippen molar-refractivity contribution in [1.82, 2.24) is 20.2 Å². The summed E-state index contributed by atoms with van der Waals surface area (Å²) >= 11 is 0. The van der Waals surface area contributed by atoms with Crippen molar-refractivity contribution in [2.75, 3.05) is 19.7 Å². The van der Waals surface area contributed by atoms with Gasteiger partial charge < -0.3 is 15.0 Å². The van der Waals surface area contributed by atoms with Crippen LogP contribution in [0.25, 0.3) is 0 Å². The van der Waals surface area contributed by atoms with E-state index in [-0.39, 0.29) is 36.1 Å². The molecule has 1 aromatic carbocycles. The number of aromatic nitrogens is 2. The molecule has 1 aliphatic rings. The normalized spacial score (nSPS) is 17.1. The van der Waals surface area contributed by atoms with Gasteiger partial charge in [-0.15, -0.1) is 0 Å². The Balaban J connectivity index is 1.58. The van der Waals surface area contributed by atoms with Gasteiger partial charge >= 0.3 is 0 Å². The average molecular weight is 382 g/mol. The summed E-state index contributed by atoms with van der Waals surface area (Å²) in [6, 6.07) is 9.70. The van der Waals surface area contributed by atoms with Crippen LogP contribution in [0.15, 0.2) is 48.9 Å². The average Bonchev–Trinajstić information content (AvgIpc) is 3.25. The molecule has 2 atom stereocenters. The van der Waals surface area contributed by atoms with Crippen molar-refractivity contribution >= 4 is 11.8 Å². The van der Waals surface area contributed by atoms with E-state index in [1.807, 2.05) is 37.3 Å². The van der Waals surface area contributed by atoms with E-state index in [1.54, 1.807) is 4.90 Å². The lowest BCUT2D eigenvalue weighted by Crippen LogP contribution is -2.40. The Kier molecular flexibility index (Phi) is 7.08. The largest absolute Gasteiger partial charge is 0.376 e. The third-order valence-electron chi connectivity index (χ3n) is 4.80. The van der Waals surface area contributed by atoms with Gasteiger partial charge in [-0.05, 0) is 25.3 Å². The Bertz CT molecular complexity index is 764. The first kappa shape index (κ1) is 19.9. The lowest BCUT2D eigenvalue weighted by molar-refractivity contribution is -0.122. The topological polar surface area (TPSA) is 84.4 Å². The second-order valence-electron chi connectivity index (χ2n) is 6.93. The third-order valence-corrected chi connectivity index (χ3v) is 4.80. The summed E-state index contributed by atoms with van der Waals surface area (Å²) in [7, 11) is 0. The van der Waals surface area contributed by atoms with E-state index in [4.69, 9.17) is 4.74 Å². The molecule has 7 nitrogen and oxygen atoms in total. The summed E-state index contributed by atoms with van der Waals surface area (Å²) in [4.78, 5) is 35.0. The minimum atomic E-state index is -0.229. The van der Waals surface area contributed by atoms with E-state index in [0.717, 1.165) is 18.4 Å². The van der Waals surface area contributed by atoms with E-state index in [9.17, 15) is 9.59 Å². The molecule has 0 radical (unpaired) electrons. The first-order valence-corrected chi connectivity index (χ1v) is 9.64. The number of hydrogen-bond acceptors (Lipinski definition) is 5. The molecular weight excluding hydrogens is 356 g/mol. The molecule has 2 heterocycles. The smallest absolute Gasteiger partial charge is 0.274 e. The minimum Gasteiger partial charge on any atom is -0.376 e. The van der Waals surface area contributed by atoms with Gasteiger partial charge in [0.15, 0.2) is 0 Å². The third kappa shape index (κ3) is 5.60. The van der Waals surface area contributed by atoms with Crippen LogP contribution in [0.5, 0.6) is 0 Å². The highest BCUT2D eigenvalue weighted by atomic mass is 16.5. The molecule has 0 saturated carbocycles. The maximum absolute atomic E-state index is 12.8. The van der Waals surface area contributed by atoms with Gasteiger partial charge in [-0.1, -0.05) is 30.3 Å². The zero-order chi connectivity index (χ0) is 19.8. The highest BCUT2D eigenvalue weighted by Crippen LogP contribution is 2.15. The quantitative estimate of drug-likeness (QED) is 0.758. The summed E-state index contributed by atoms with van der Waals surface area (Å²) in [5.74, 6) is -0.326. The lowest BCUT2D eigenvalue weighted by Gasteiger charge is -2.25. The van der Waals surface area contributed by atoms with Gasteiger partial charge in [0, 0.05) is 38.5 Å². The maximum atomic E-state index is 12.8. The summed E-state index contributed by atoms with van der Waals surface area (Å²) in [6.07, 6.45) is 6.60. The molecule has 2 amide bonds. The number of carbonyl (C=O) groups excluding carboxylic acids is 2. The van der Waals surface area contributed by atoms with Crippen molar-refractivity contribution in [3.05, 3.63) is 60.2 Å². The van der Waals surface area contributed by atoms with Gasteiger partial charge in [-0.3, -0.25) is 14.6 Å². The summed E-state index contributed by atoms with van der Waals surface area (Å²) in [5, 5.41) is 2.99. The lowest BCUT2D eigenvalue weighted by atomic mass is 10.1. The van der Waals surface area contributed by atoms with E-state index in [2.05, 4.69) is 15.3 Å². The number of hydrogen-bond donors (Lipinski definition) is 1. The fourth-order valence-electron chi connectivity index (χ4n) is 3.26. The number of nitrogens with zero attached hydrogens (tertiary/aromatic N) is 3. The van der Waals surface area contributed by atoms with Gasteiger partial charge in [-0.25, -0.2) is 4.98 Å². The molecule has 0 spiro atoms. The maximum Gasteiger partial charge on any atom is 0.274 e. The summed E-state index contributed by atoms with van der Waals surface area (Å²) < 4.78 is 5.67. The number of ether oxygens (including phenoxy) is 1. The fourth-order valence-corrected chi connectivity index (χ4v) is 3.26. The van der Waals surface area contributed by atoms with Crippen LogP contribution in [0.4, 0.5) is 0 Å². The summed E-state index contributed by atoms with van der Waals surface area (Å²) in [6.45, 7) is 3.43. The minimum absolute atomic E-state index is 0.00641. The molecule has 1 aromatic heterocycles. The predicted molar refractivity (Wildman–Crippen MR) is 105 cm³/mol. The zero-order valence-corrected chi connectivity index (χ0v) is 16.1. The molecule has 3 rings (SSSR count). The van der Waals surface area contributed by atoms with E-state index in [0.29, 0.717) is 19.7 Å². The number of nitrogens with one attached hydrogen (secondary N) is 1. The number of rotatable bonds is 8. The molecule has 1 saturated heterocycles. The van der Waals surface area contributed by atoms with Crippen LogP contribution in [0, 0.1) is 0 Å². The van der Waals surface area contributed by atoms with Gasteiger partial charge in [0.25, 0.3) is 5.91 Å². The van der Waals surface area contributed by atoms with Gasteiger partial charge in [0.1, 0.15) is 5.69 Å². The van der Waals surface area contributed by atoms with Crippen molar-refractivity contribution in [3.8, 4) is 0 Å². The fraction of sp³-hybridized carbons (Fsp3) is 0.429. The molecule has 1 aliphatic heterocycles. The first-order valence-electron chi connectivity index (χ1n) is 9.64. The molecule has 2 aromatic rings. The molecule has 2 unspecified atom stereocenters. The van der Waals surface area contributed by atoms with Crippen LogP contribution in [-0.4, -0.2) is 52.5 Å². The van der Waals surface area contributed by atoms with Crippen LogP contribution in [0.3, 0.4) is 0 Å². The van der Waals surface area contributed by atoms with Gasteiger partial charge in [0.2, 0.25) is 5.91 Å². The van der Waals surface area contributed by atoms with Gasteiger partial charge in [-0.2, -0.15) is 0 Å². The van der Waals surface area contributed by atoms with E-state index < -0.39 is 0 Å². The predicted octanol–water partition coefficient (Wildman–Crippen LogP) is 2.37. The first-order chi connectivity index (χ1) is 13.6. The summed E-state index contributed by atoms with van der Waals surface area (Å²) in [5.41, 5.74) is 1.32. The Morgan fingerprint density at radius 3 is 2.79 bits per heavy atom. The molecule has 28 heavy (non-hydrogen) atoms. The zero-order valence-electron chi connectivity index (χ0n) is 16.1. The molecule has 1 fully saturated rings. The molecular formula is C21H26N4O3. The van der Waals surface area contributed by atoms with Gasteiger partial charge in [0.05, 0.1) is 18.3 Å². The molecule has 148 valence electrons. The highest BCUT2D eigenvalue weighted by molar-refractivity contribution is 5.92. The van der Waals surface area contributed by atoms with Crippen molar-refractivity contribution < 1.29 is 14.3 Å². The highest BCUT2D eigenvalue weighted by Gasteiger charge is 2.25. The van der Waals surface area contributed by atoms with Crippen molar-refractivity contribution in [2.24, 2.45) is 0 Å². The van der Waals surface area contributed by atoms with Crippen LogP contribution in [-0.2, 0) is 9.53 Å². The van der Waals surface area contributed by atoms with Crippen LogP contribution in [0.2, 0.25) is 0 Å². The molecule has 0 bridgehead atoms. The van der Waals surface area contributed by atoms with E-state index >= 15 is 0 Å². The number of amides is 2. The molecule has 7 heteroatoms.